The average Bonchev–Trinajstić information content (AvgIpc) is 2.28. The molecule has 0 fully saturated rings. The molecular weight excluding hydrogens is 218 g/mol. The van der Waals surface area contributed by atoms with E-state index in [1.807, 2.05) is 32.9 Å². The summed E-state index contributed by atoms with van der Waals surface area (Å²) in [6.07, 6.45) is 0. The molecule has 0 aliphatic carbocycles. The molecule has 0 unspecified atom stereocenters. The summed E-state index contributed by atoms with van der Waals surface area (Å²) in [7, 11) is 0. The van der Waals surface area contributed by atoms with Crippen LogP contribution in [0.15, 0.2) is 24.3 Å². The number of hydrogen-bond acceptors (Lipinski definition) is 3. The van der Waals surface area contributed by atoms with Crippen molar-refractivity contribution in [2.24, 2.45) is 0 Å². The first-order chi connectivity index (χ1) is 8.11. The number of carbonyl (C=O) groups is 1. The summed E-state index contributed by atoms with van der Waals surface area (Å²) in [5.74, 6) is 1.34. The van der Waals surface area contributed by atoms with Gasteiger partial charge < -0.3 is 14.8 Å². The number of benzene rings is 1. The highest BCUT2D eigenvalue weighted by Crippen LogP contribution is 2.17. The van der Waals surface area contributed by atoms with E-state index < -0.39 is 0 Å². The molecule has 0 aliphatic rings. The molecule has 17 heavy (non-hydrogen) atoms. The highest BCUT2D eigenvalue weighted by atomic mass is 16.5. The Labute approximate surface area is 102 Å². The third-order valence-corrected chi connectivity index (χ3v) is 1.95. The maximum absolute atomic E-state index is 11.3. The van der Waals surface area contributed by atoms with Crippen molar-refractivity contribution in [2.75, 3.05) is 13.2 Å². The Morgan fingerprint density at radius 3 is 2.18 bits per heavy atom. The number of ether oxygens (including phenoxy) is 2. The van der Waals surface area contributed by atoms with Gasteiger partial charge in [0, 0.05) is 6.04 Å². The van der Waals surface area contributed by atoms with Crippen LogP contribution in [0.25, 0.3) is 0 Å². The molecule has 0 aromatic heterocycles. The second-order valence-corrected chi connectivity index (χ2v) is 3.92. The van der Waals surface area contributed by atoms with E-state index in [0.29, 0.717) is 12.4 Å². The Morgan fingerprint density at radius 1 is 1.18 bits per heavy atom. The van der Waals surface area contributed by atoms with Gasteiger partial charge in [-0.15, -0.1) is 0 Å². The largest absolute Gasteiger partial charge is 0.494 e. The average molecular weight is 237 g/mol. The van der Waals surface area contributed by atoms with Gasteiger partial charge in [0.1, 0.15) is 11.5 Å². The second-order valence-electron chi connectivity index (χ2n) is 3.92. The molecule has 0 aliphatic heterocycles. The Hall–Kier alpha value is -1.71. The molecule has 0 atom stereocenters. The van der Waals surface area contributed by atoms with Crippen LogP contribution >= 0.6 is 0 Å². The molecule has 1 aromatic rings. The highest BCUT2D eigenvalue weighted by Gasteiger charge is 2.04. The van der Waals surface area contributed by atoms with Gasteiger partial charge in [0.25, 0.3) is 5.91 Å². The molecule has 0 heterocycles. The fourth-order valence-electron chi connectivity index (χ4n) is 1.31. The van der Waals surface area contributed by atoms with Gasteiger partial charge in [0.15, 0.2) is 6.61 Å². The van der Waals surface area contributed by atoms with Gasteiger partial charge in [-0.2, -0.15) is 0 Å². The van der Waals surface area contributed by atoms with Gasteiger partial charge in [-0.05, 0) is 45.0 Å². The highest BCUT2D eigenvalue weighted by molar-refractivity contribution is 5.77. The summed E-state index contributed by atoms with van der Waals surface area (Å²) in [5, 5.41) is 2.76. The monoisotopic (exact) mass is 237 g/mol. The van der Waals surface area contributed by atoms with Crippen LogP contribution < -0.4 is 14.8 Å². The van der Waals surface area contributed by atoms with Crippen molar-refractivity contribution in [3.05, 3.63) is 24.3 Å². The summed E-state index contributed by atoms with van der Waals surface area (Å²) in [6.45, 7) is 6.42. The van der Waals surface area contributed by atoms with Crippen molar-refractivity contribution in [3.63, 3.8) is 0 Å². The summed E-state index contributed by atoms with van der Waals surface area (Å²) in [5.41, 5.74) is 0. The molecule has 1 aromatic carbocycles. The molecular formula is C13H19NO3. The smallest absolute Gasteiger partial charge is 0.258 e. The maximum atomic E-state index is 11.3. The van der Waals surface area contributed by atoms with Gasteiger partial charge >= 0.3 is 0 Å². The summed E-state index contributed by atoms with van der Waals surface area (Å²) in [6, 6.07) is 7.34. The van der Waals surface area contributed by atoms with Crippen LogP contribution in [0.5, 0.6) is 11.5 Å². The molecule has 0 bridgehead atoms. The first-order valence-corrected chi connectivity index (χ1v) is 5.77. The minimum atomic E-state index is -0.117. The lowest BCUT2D eigenvalue weighted by molar-refractivity contribution is -0.123. The standard InChI is InChI=1S/C13H19NO3/c1-4-16-11-5-7-12(8-6-11)17-9-13(15)14-10(2)3/h5-8,10H,4,9H2,1-3H3,(H,14,15). The number of hydrogen-bond donors (Lipinski definition) is 1. The predicted octanol–water partition coefficient (Wildman–Crippen LogP) is 1.99. The van der Waals surface area contributed by atoms with Gasteiger partial charge in [-0.25, -0.2) is 0 Å². The second kappa shape index (κ2) is 6.78. The van der Waals surface area contributed by atoms with E-state index in [0.717, 1.165) is 5.75 Å². The molecule has 0 radical (unpaired) electrons. The zero-order valence-corrected chi connectivity index (χ0v) is 10.5. The lowest BCUT2D eigenvalue weighted by Crippen LogP contribution is -2.34. The Balaban J connectivity index is 2.39. The molecule has 94 valence electrons. The first-order valence-electron chi connectivity index (χ1n) is 5.77. The topological polar surface area (TPSA) is 47.6 Å². The van der Waals surface area contributed by atoms with E-state index in [1.165, 1.54) is 0 Å². The summed E-state index contributed by atoms with van der Waals surface area (Å²) < 4.78 is 10.6. The summed E-state index contributed by atoms with van der Waals surface area (Å²) in [4.78, 5) is 11.3. The van der Waals surface area contributed by atoms with Crippen molar-refractivity contribution >= 4 is 5.91 Å². The number of nitrogens with one attached hydrogen (secondary N) is 1. The lowest BCUT2D eigenvalue weighted by atomic mass is 10.3. The third-order valence-electron chi connectivity index (χ3n) is 1.95. The zero-order chi connectivity index (χ0) is 12.7. The Kier molecular flexibility index (Phi) is 5.33. The van der Waals surface area contributed by atoms with E-state index in [1.54, 1.807) is 12.1 Å². The molecule has 0 saturated heterocycles. The van der Waals surface area contributed by atoms with Gasteiger partial charge in [-0.3, -0.25) is 4.79 Å². The minimum Gasteiger partial charge on any atom is -0.494 e. The molecule has 1 N–H and O–H groups in total. The van der Waals surface area contributed by atoms with Crippen molar-refractivity contribution in [3.8, 4) is 11.5 Å². The predicted molar refractivity (Wildman–Crippen MR) is 66.4 cm³/mol. The van der Waals surface area contributed by atoms with Crippen molar-refractivity contribution < 1.29 is 14.3 Å². The van der Waals surface area contributed by atoms with Gasteiger partial charge in [-0.1, -0.05) is 0 Å². The quantitative estimate of drug-likeness (QED) is 0.823. The van der Waals surface area contributed by atoms with E-state index in [-0.39, 0.29) is 18.6 Å². The Morgan fingerprint density at radius 2 is 1.71 bits per heavy atom. The Bertz CT molecular complexity index is 346. The molecule has 0 spiro atoms. The van der Waals surface area contributed by atoms with Crippen LogP contribution in [0.3, 0.4) is 0 Å². The van der Waals surface area contributed by atoms with E-state index in [9.17, 15) is 4.79 Å². The molecule has 1 amide bonds. The van der Waals surface area contributed by atoms with Crippen LogP contribution in [-0.2, 0) is 4.79 Å². The fraction of sp³-hybridized carbons (Fsp3) is 0.462. The number of carbonyl (C=O) groups excluding carboxylic acids is 1. The first kappa shape index (κ1) is 13.4. The fourth-order valence-corrected chi connectivity index (χ4v) is 1.31. The lowest BCUT2D eigenvalue weighted by Gasteiger charge is -2.10. The zero-order valence-electron chi connectivity index (χ0n) is 10.5. The van der Waals surface area contributed by atoms with Crippen LogP contribution in [0.1, 0.15) is 20.8 Å². The SMILES string of the molecule is CCOc1ccc(OCC(=O)NC(C)C)cc1. The van der Waals surface area contributed by atoms with Crippen molar-refractivity contribution in [1.29, 1.82) is 0 Å². The number of amides is 1. The van der Waals surface area contributed by atoms with Gasteiger partial charge in [0.05, 0.1) is 6.61 Å². The minimum absolute atomic E-state index is 0.0339. The van der Waals surface area contributed by atoms with Crippen LogP contribution in [0.2, 0.25) is 0 Å². The molecule has 4 heteroatoms. The molecule has 1 rings (SSSR count). The maximum Gasteiger partial charge on any atom is 0.258 e. The number of rotatable bonds is 6. The van der Waals surface area contributed by atoms with Crippen LogP contribution in [0, 0.1) is 0 Å². The molecule has 0 saturated carbocycles. The van der Waals surface area contributed by atoms with Crippen molar-refractivity contribution in [2.45, 2.75) is 26.8 Å². The van der Waals surface area contributed by atoms with Gasteiger partial charge in [0.2, 0.25) is 0 Å². The van der Waals surface area contributed by atoms with E-state index in [4.69, 9.17) is 9.47 Å². The molecule has 4 nitrogen and oxygen atoms in total. The third kappa shape index (κ3) is 5.24. The van der Waals surface area contributed by atoms with E-state index >= 15 is 0 Å². The van der Waals surface area contributed by atoms with Crippen LogP contribution in [-0.4, -0.2) is 25.2 Å². The van der Waals surface area contributed by atoms with Crippen LogP contribution in [0.4, 0.5) is 0 Å². The van der Waals surface area contributed by atoms with E-state index in [2.05, 4.69) is 5.32 Å². The summed E-state index contributed by atoms with van der Waals surface area (Å²) >= 11 is 0. The van der Waals surface area contributed by atoms with Crippen molar-refractivity contribution in [1.82, 2.24) is 5.32 Å². The normalized spacial score (nSPS) is 10.1.